The molecule has 1 spiro atoms. The number of carbonyl (C=O) groups excluding carboxylic acids is 3. The molecule has 2 saturated heterocycles. The minimum atomic E-state index is -1.29. The highest BCUT2D eigenvalue weighted by Gasteiger charge is 2.71. The van der Waals surface area contributed by atoms with E-state index in [0.717, 1.165) is 22.6 Å². The van der Waals surface area contributed by atoms with Crippen molar-refractivity contribution in [3.05, 3.63) is 71.3 Å². The molecule has 2 aromatic rings. The standard InChI is InChI=1S/C26H26ClN3O3S/c1-15(2)14-29-20-10-5-4-9-18(20)26(25(29)33)22-21(19(28-26)11-12-34-3)23(31)30(24(22)32)17-8-6-7-16(27)13-17/h4-10,13,19,21-22,28H,1,11-12,14H2,2-3H3. The predicted octanol–water partition coefficient (Wildman–Crippen LogP) is 3.99. The van der Waals surface area contributed by atoms with Gasteiger partial charge in [0, 0.05) is 28.9 Å². The zero-order valence-corrected chi connectivity index (χ0v) is 20.7. The van der Waals surface area contributed by atoms with Crippen LogP contribution in [0.1, 0.15) is 18.9 Å². The summed E-state index contributed by atoms with van der Waals surface area (Å²) in [6.07, 6.45) is 2.68. The summed E-state index contributed by atoms with van der Waals surface area (Å²) in [4.78, 5) is 44.8. The van der Waals surface area contributed by atoms with E-state index in [-0.39, 0.29) is 23.8 Å². The SMILES string of the molecule is C=C(C)CN1C(=O)C2(NC(CCSC)C3C(=O)N(c4cccc(Cl)c4)C(=O)C32)c2ccccc21. The average Bonchev–Trinajstić information content (AvgIpc) is 3.37. The molecule has 4 unspecified atom stereocenters. The first-order chi connectivity index (χ1) is 16.3. The number of nitrogens with zero attached hydrogens (tertiary/aromatic N) is 2. The number of thioether (sulfide) groups is 1. The third kappa shape index (κ3) is 3.25. The molecule has 2 fully saturated rings. The van der Waals surface area contributed by atoms with Crippen molar-refractivity contribution in [3.8, 4) is 0 Å². The van der Waals surface area contributed by atoms with E-state index in [2.05, 4.69) is 11.9 Å². The Morgan fingerprint density at radius 1 is 1.15 bits per heavy atom. The fourth-order valence-electron chi connectivity index (χ4n) is 5.74. The first kappa shape index (κ1) is 23.1. The number of anilines is 2. The number of benzene rings is 2. The molecular formula is C26H26ClN3O3S. The summed E-state index contributed by atoms with van der Waals surface area (Å²) >= 11 is 7.86. The molecule has 3 heterocycles. The Hall–Kier alpha value is -2.61. The van der Waals surface area contributed by atoms with Crippen LogP contribution in [0.15, 0.2) is 60.7 Å². The van der Waals surface area contributed by atoms with Gasteiger partial charge in [0.15, 0.2) is 0 Å². The van der Waals surface area contributed by atoms with Gasteiger partial charge >= 0.3 is 0 Å². The monoisotopic (exact) mass is 495 g/mol. The van der Waals surface area contributed by atoms with Crippen LogP contribution < -0.4 is 15.1 Å². The van der Waals surface area contributed by atoms with Crippen molar-refractivity contribution >= 4 is 52.5 Å². The fourth-order valence-corrected chi connectivity index (χ4v) is 6.41. The van der Waals surface area contributed by atoms with Crippen LogP contribution in [0.4, 0.5) is 11.4 Å². The Balaban J connectivity index is 1.67. The second-order valence-electron chi connectivity index (χ2n) is 9.20. The summed E-state index contributed by atoms with van der Waals surface area (Å²) in [6, 6.07) is 14.0. The molecule has 3 amide bonds. The maximum atomic E-state index is 14.1. The number of amides is 3. The van der Waals surface area contributed by atoms with Crippen molar-refractivity contribution in [2.24, 2.45) is 11.8 Å². The summed E-state index contributed by atoms with van der Waals surface area (Å²) in [5, 5.41) is 3.97. The van der Waals surface area contributed by atoms with E-state index in [1.165, 1.54) is 4.90 Å². The zero-order chi connectivity index (χ0) is 24.2. The van der Waals surface area contributed by atoms with Gasteiger partial charge in [0.1, 0.15) is 5.54 Å². The summed E-state index contributed by atoms with van der Waals surface area (Å²) in [5.41, 5.74) is 1.49. The highest BCUT2D eigenvalue weighted by atomic mass is 35.5. The van der Waals surface area contributed by atoms with Crippen molar-refractivity contribution < 1.29 is 14.4 Å². The van der Waals surface area contributed by atoms with Gasteiger partial charge < -0.3 is 4.90 Å². The number of nitrogens with one attached hydrogen (secondary N) is 1. The van der Waals surface area contributed by atoms with Gasteiger partial charge in [-0.3, -0.25) is 19.7 Å². The molecule has 4 atom stereocenters. The average molecular weight is 496 g/mol. The molecule has 0 aliphatic carbocycles. The minimum absolute atomic E-state index is 0.201. The van der Waals surface area contributed by atoms with E-state index in [4.69, 9.17) is 11.6 Å². The quantitative estimate of drug-likeness (QED) is 0.484. The van der Waals surface area contributed by atoms with Gasteiger partial charge in [-0.25, -0.2) is 4.90 Å². The maximum absolute atomic E-state index is 14.1. The minimum Gasteiger partial charge on any atom is -0.306 e. The number of carbonyl (C=O) groups is 3. The fraction of sp³-hybridized carbons (Fsp3) is 0.346. The number of hydrogen-bond donors (Lipinski definition) is 1. The Labute approximate surface area is 208 Å². The van der Waals surface area contributed by atoms with Crippen LogP contribution in [-0.4, -0.2) is 42.3 Å². The van der Waals surface area contributed by atoms with Gasteiger partial charge in [-0.05, 0) is 49.6 Å². The number of imide groups is 1. The highest BCUT2D eigenvalue weighted by molar-refractivity contribution is 7.98. The number of fused-ring (bicyclic) bond motifs is 4. The lowest BCUT2D eigenvalue weighted by molar-refractivity contribution is -0.132. The van der Waals surface area contributed by atoms with Crippen molar-refractivity contribution in [2.75, 3.05) is 28.4 Å². The number of halogens is 1. The third-order valence-corrected chi connectivity index (χ3v) is 7.87. The van der Waals surface area contributed by atoms with Crippen LogP contribution in [0.25, 0.3) is 0 Å². The molecule has 0 bridgehead atoms. The Bertz CT molecular complexity index is 1220. The normalized spacial score (nSPS) is 27.6. The van der Waals surface area contributed by atoms with Crippen LogP contribution in [0.5, 0.6) is 0 Å². The summed E-state index contributed by atoms with van der Waals surface area (Å²) in [6.45, 7) is 6.22. The molecule has 3 aliphatic rings. The van der Waals surface area contributed by atoms with Gasteiger partial charge in [-0.15, -0.1) is 0 Å². The van der Waals surface area contributed by atoms with Gasteiger partial charge in [0.2, 0.25) is 11.8 Å². The summed E-state index contributed by atoms with van der Waals surface area (Å²) in [7, 11) is 0. The number of para-hydroxylation sites is 1. The van der Waals surface area contributed by atoms with Gasteiger partial charge in [-0.2, -0.15) is 11.8 Å². The first-order valence-corrected chi connectivity index (χ1v) is 13.0. The lowest BCUT2D eigenvalue weighted by Gasteiger charge is -2.30. The van der Waals surface area contributed by atoms with E-state index in [1.54, 1.807) is 40.9 Å². The molecule has 176 valence electrons. The molecule has 34 heavy (non-hydrogen) atoms. The van der Waals surface area contributed by atoms with E-state index >= 15 is 0 Å². The Kier molecular flexibility index (Phi) is 5.82. The number of hydrogen-bond acceptors (Lipinski definition) is 5. The van der Waals surface area contributed by atoms with Crippen LogP contribution >= 0.6 is 23.4 Å². The topological polar surface area (TPSA) is 69.7 Å². The Morgan fingerprint density at radius 3 is 2.62 bits per heavy atom. The van der Waals surface area contributed by atoms with Crippen molar-refractivity contribution in [2.45, 2.75) is 24.9 Å². The third-order valence-electron chi connectivity index (χ3n) is 6.99. The summed E-state index contributed by atoms with van der Waals surface area (Å²) in [5.74, 6) is -1.52. The molecule has 0 aromatic heterocycles. The first-order valence-electron chi connectivity index (χ1n) is 11.3. The Morgan fingerprint density at radius 2 is 1.91 bits per heavy atom. The predicted molar refractivity (Wildman–Crippen MR) is 136 cm³/mol. The largest absolute Gasteiger partial charge is 0.306 e. The molecule has 5 rings (SSSR count). The van der Waals surface area contributed by atoms with E-state index in [0.29, 0.717) is 23.7 Å². The van der Waals surface area contributed by atoms with Gasteiger partial charge in [0.05, 0.1) is 17.5 Å². The number of rotatable bonds is 6. The second kappa shape index (κ2) is 8.56. The smallest absolute Gasteiger partial charge is 0.253 e. The van der Waals surface area contributed by atoms with Crippen molar-refractivity contribution in [1.29, 1.82) is 0 Å². The molecule has 0 radical (unpaired) electrons. The molecule has 3 aliphatic heterocycles. The molecular weight excluding hydrogens is 470 g/mol. The zero-order valence-electron chi connectivity index (χ0n) is 19.1. The molecule has 1 N–H and O–H groups in total. The molecule has 8 heteroatoms. The second-order valence-corrected chi connectivity index (χ2v) is 10.6. The van der Waals surface area contributed by atoms with Crippen LogP contribution in [0.3, 0.4) is 0 Å². The lowest BCUT2D eigenvalue weighted by Crippen LogP contribution is -2.55. The summed E-state index contributed by atoms with van der Waals surface area (Å²) < 4.78 is 0. The molecule has 2 aromatic carbocycles. The van der Waals surface area contributed by atoms with Crippen molar-refractivity contribution in [3.63, 3.8) is 0 Å². The maximum Gasteiger partial charge on any atom is 0.253 e. The van der Waals surface area contributed by atoms with E-state index in [1.807, 2.05) is 37.4 Å². The van der Waals surface area contributed by atoms with E-state index < -0.39 is 17.4 Å². The van der Waals surface area contributed by atoms with Crippen LogP contribution in [0.2, 0.25) is 5.02 Å². The van der Waals surface area contributed by atoms with Gasteiger partial charge in [0.25, 0.3) is 5.91 Å². The van der Waals surface area contributed by atoms with Gasteiger partial charge in [-0.1, -0.05) is 48.0 Å². The van der Waals surface area contributed by atoms with Crippen LogP contribution in [-0.2, 0) is 19.9 Å². The molecule has 6 nitrogen and oxygen atoms in total. The lowest BCUT2D eigenvalue weighted by atomic mass is 9.76. The van der Waals surface area contributed by atoms with E-state index in [9.17, 15) is 14.4 Å². The van der Waals surface area contributed by atoms with Crippen LogP contribution in [0, 0.1) is 11.8 Å². The van der Waals surface area contributed by atoms with Crippen molar-refractivity contribution in [1.82, 2.24) is 5.32 Å². The highest BCUT2D eigenvalue weighted by Crippen LogP contribution is 2.55. The molecule has 0 saturated carbocycles.